The summed E-state index contributed by atoms with van der Waals surface area (Å²) in [5.41, 5.74) is 10.1. The Hall–Kier alpha value is -14.3. The molecule has 0 saturated heterocycles. The van der Waals surface area contributed by atoms with Crippen LogP contribution < -0.4 is 33.4 Å². The molecule has 7 heterocycles. The Labute approximate surface area is 643 Å². The number of likely N-dealkylation sites (N-methyl/N-ethyl adjacent to an activating group) is 2. The van der Waals surface area contributed by atoms with E-state index in [1.165, 1.54) is 54.6 Å². The summed E-state index contributed by atoms with van der Waals surface area (Å²) in [5, 5.41) is 81.8. The normalized spacial score (nSPS) is 12.7. The number of anilines is 1. The molecule has 0 saturated carbocycles. The second-order valence-electron chi connectivity index (χ2n) is 26.4. The molecule has 1 aliphatic heterocycles. The van der Waals surface area contributed by atoms with Crippen molar-refractivity contribution in [3.05, 3.63) is 285 Å². The summed E-state index contributed by atoms with van der Waals surface area (Å²) >= 11 is 0. The highest BCUT2D eigenvalue weighted by atomic mass is 35.5. The van der Waals surface area contributed by atoms with Crippen LogP contribution in [-0.2, 0) is 13.0 Å². The summed E-state index contributed by atoms with van der Waals surface area (Å²) in [6.45, 7) is 2.73. The summed E-state index contributed by atoms with van der Waals surface area (Å²) in [6.07, 6.45) is 0.525. The second-order valence-corrected chi connectivity index (χ2v) is 26.4. The lowest BCUT2D eigenvalue weighted by Crippen LogP contribution is -3.00. The van der Waals surface area contributed by atoms with Gasteiger partial charge in [0, 0.05) is 100 Å². The summed E-state index contributed by atoms with van der Waals surface area (Å²) in [5.74, 6) is -0.245. The summed E-state index contributed by atoms with van der Waals surface area (Å²) in [6, 6.07) is 67.9. The van der Waals surface area contributed by atoms with Crippen molar-refractivity contribution in [2.24, 2.45) is 0 Å². The molecule has 0 amide bonds. The molecular formula is C87H70ClN7O17. The predicted octanol–water partition coefficient (Wildman–Crippen LogP) is 12.8. The van der Waals surface area contributed by atoms with Gasteiger partial charge in [-0.3, -0.25) is 19.2 Å². The maximum Gasteiger partial charge on any atom is 0.401 e. The Balaban J connectivity index is 0.000000123. The van der Waals surface area contributed by atoms with E-state index in [0.29, 0.717) is 98.3 Å². The van der Waals surface area contributed by atoms with Gasteiger partial charge in [-0.1, -0.05) is 97.1 Å². The van der Waals surface area contributed by atoms with Crippen molar-refractivity contribution in [1.82, 2.24) is 29.3 Å². The lowest BCUT2D eigenvalue weighted by Gasteiger charge is -2.13. The number of nitrogens with zero attached hydrogens (tertiary/aromatic N) is 6. The molecule has 24 nitrogen and oxygen atoms in total. The summed E-state index contributed by atoms with van der Waals surface area (Å²) in [7, 11) is 8.01. The number of rotatable bonds is 11. The molecule has 562 valence electrons. The maximum atomic E-state index is 13.0. The minimum Gasteiger partial charge on any atom is -1.00 e. The Morgan fingerprint density at radius 1 is 0.500 bits per heavy atom. The first-order chi connectivity index (χ1) is 53.6. The van der Waals surface area contributed by atoms with Crippen molar-refractivity contribution in [3.63, 3.8) is 0 Å². The fourth-order valence-corrected chi connectivity index (χ4v) is 12.7. The number of fused-ring (bicyclic) bond motifs is 10. The third kappa shape index (κ3) is 15.8. The molecule has 9 N–H and O–H groups in total. The van der Waals surface area contributed by atoms with Crippen molar-refractivity contribution in [2.75, 3.05) is 53.2 Å². The Kier molecular flexibility index (Phi) is 22.1. The van der Waals surface area contributed by atoms with Crippen LogP contribution in [0.4, 0.5) is 5.69 Å². The number of aromatic nitrogens is 4. The van der Waals surface area contributed by atoms with E-state index in [2.05, 4.69) is 30.1 Å². The number of hydrogen-bond donors (Lipinski definition) is 9. The largest absolute Gasteiger partial charge is 1.00 e. The summed E-state index contributed by atoms with van der Waals surface area (Å²) < 4.78 is 30.7. The van der Waals surface area contributed by atoms with Crippen LogP contribution in [0.15, 0.2) is 275 Å². The van der Waals surface area contributed by atoms with Crippen molar-refractivity contribution in [1.29, 1.82) is 0 Å². The standard InChI is InChI=1S/2C20H19N3O2.C17H11NO2.C15H10O6.C15H10O5.ClH/c1-22(2)12-13-23-16-11-7-6-10-15(16)18-17(20(23)24)21-19(25-18)14-8-4-3-5-9-14;1-23(2)12-13-24-20-17-18(15-10-6-7-11-16(15)21-20)25-19(22-17)14-8-4-3-5-9-14;19-16-11-6-2-1-5-10(11)9-13(16)15-17(20)12-7-3-4-8-14(12)18-15;16-8-3-1-7(2-4-8)15-14(20)13(19)12-10(18)5-9(17)6-11(12)21-15;16-9-3-1-8(2-4-9)15-13(19)7-11-12(18)5-10(17)6-14(11)20-15;/h2*3-11H,12-13H2,1-2H3;1-8,18H,9H2;1-6,16-18,20H;1-7H,(H3-,16,17,18,19);1H/b;;15-13-;;;. The fourth-order valence-electron chi connectivity index (χ4n) is 12.7. The molecular weight excluding hydrogens is 1450 g/mol. The smallest absolute Gasteiger partial charge is 0.401 e. The number of phenolic OH excluding ortho intramolecular Hbond substituents is 6. The average Bonchev–Trinajstić information content (AvgIpc) is 1.61. The molecule has 0 spiro atoms. The van der Waals surface area contributed by atoms with E-state index in [9.17, 15) is 60.0 Å². The van der Waals surface area contributed by atoms with Gasteiger partial charge in [-0.05, 0) is 143 Å². The van der Waals surface area contributed by atoms with Crippen molar-refractivity contribution >= 4 is 83.2 Å². The monoisotopic (exact) mass is 1520 g/mol. The lowest BCUT2D eigenvalue weighted by atomic mass is 10.1. The molecule has 2 aliphatic rings. The number of phenols is 6. The second kappa shape index (κ2) is 32.6. The number of benzene rings is 10. The number of hydrogen-bond acceptors (Lipinski definition) is 22. The zero-order chi connectivity index (χ0) is 77.7. The molecule has 112 heavy (non-hydrogen) atoms. The van der Waals surface area contributed by atoms with Crippen LogP contribution in [0.25, 0.3) is 111 Å². The van der Waals surface area contributed by atoms with Gasteiger partial charge in [0.05, 0.1) is 28.4 Å². The minimum absolute atomic E-state index is 0. The van der Waals surface area contributed by atoms with Crippen LogP contribution in [0.3, 0.4) is 0 Å². The Bertz CT molecular complexity index is 6340. The molecule has 0 fully saturated rings. The number of aromatic hydroxyl groups is 8. The molecule has 18 rings (SSSR count). The van der Waals surface area contributed by atoms with Gasteiger partial charge >= 0.3 is 11.3 Å². The molecule has 0 radical (unpaired) electrons. The molecule has 25 heteroatoms. The number of ether oxygens (including phenoxy) is 1. The van der Waals surface area contributed by atoms with E-state index in [-0.39, 0.29) is 92.1 Å². The van der Waals surface area contributed by atoms with Crippen LogP contribution in [0.1, 0.15) is 26.3 Å². The fraction of sp³-hybridized carbons (Fsp3) is 0.103. The van der Waals surface area contributed by atoms with Crippen LogP contribution in [0.2, 0.25) is 0 Å². The minimum atomic E-state index is -0.808. The lowest BCUT2D eigenvalue weighted by molar-refractivity contribution is -0.0000456. The number of carbonyl (C=O) groups is 2. The zero-order valence-electron chi connectivity index (χ0n) is 60.4. The van der Waals surface area contributed by atoms with Crippen molar-refractivity contribution < 1.29 is 85.3 Å². The number of carbonyl (C=O) groups excluding carboxylic acids is 2. The van der Waals surface area contributed by atoms with Crippen LogP contribution in [0.5, 0.6) is 51.9 Å². The number of ketones is 2. The number of nitrogens with one attached hydrogen (secondary N) is 1. The van der Waals surface area contributed by atoms with E-state index in [1.54, 1.807) is 22.8 Å². The van der Waals surface area contributed by atoms with E-state index in [4.69, 9.17) is 22.4 Å². The number of allylic oxidation sites excluding steroid dienone is 2. The van der Waals surface area contributed by atoms with Crippen LogP contribution >= 0.6 is 0 Å². The van der Waals surface area contributed by atoms with Gasteiger partial charge in [0.25, 0.3) is 5.56 Å². The number of pyridine rings is 2. The quantitative estimate of drug-likeness (QED) is 0.0429. The maximum absolute atomic E-state index is 13.0. The topological polar surface area (TPSA) is 352 Å². The van der Waals surface area contributed by atoms with Gasteiger partial charge in [0.1, 0.15) is 57.5 Å². The van der Waals surface area contributed by atoms with Crippen LogP contribution in [-0.4, -0.2) is 130 Å². The van der Waals surface area contributed by atoms with Gasteiger partial charge in [-0.15, -0.1) is 0 Å². The highest BCUT2D eigenvalue weighted by Crippen LogP contribution is 2.42. The molecule has 6 aromatic heterocycles. The Morgan fingerprint density at radius 3 is 1.71 bits per heavy atom. The van der Waals surface area contributed by atoms with Gasteiger partial charge in [0.15, 0.2) is 33.7 Å². The molecule has 10 aromatic carbocycles. The predicted molar refractivity (Wildman–Crippen MR) is 422 cm³/mol. The first kappa shape index (κ1) is 75.9. The SMILES string of the molecule is CN(C)CCOc1nc2ccccc2c2oc(-c3ccccc3)nc12.CN(C)CCn1c(=O)c2nc(-c3ccccc3)oc2c2ccccc21.O=C1/C(=C2\Nc3ccccc3C2=O)Cc2ccccc21.O=c1c(O)c(-c2ccc(O)cc2)oc2cc(O)cc(O)c12.Oc1ccc(-c2[o+]c3cc(O)cc(O)c3cc2O)cc1.[Cl-]. The average molecular weight is 1520 g/mol. The molecule has 16 aromatic rings. The Morgan fingerprint density at radius 2 is 1.06 bits per heavy atom. The van der Waals surface area contributed by atoms with Crippen LogP contribution in [0, 0.1) is 0 Å². The summed E-state index contributed by atoms with van der Waals surface area (Å²) in [4.78, 5) is 67.9. The first-order valence-corrected chi connectivity index (χ1v) is 34.9. The first-order valence-electron chi connectivity index (χ1n) is 34.9. The van der Waals surface area contributed by atoms with Crippen molar-refractivity contribution in [3.8, 4) is 97.4 Å². The number of para-hydroxylation sites is 3. The van der Waals surface area contributed by atoms with Gasteiger partial charge in [-0.2, -0.15) is 0 Å². The van der Waals surface area contributed by atoms with E-state index in [1.807, 2.05) is 180 Å². The van der Waals surface area contributed by atoms with Gasteiger partial charge in [0.2, 0.25) is 40.4 Å². The number of halogens is 1. The highest BCUT2D eigenvalue weighted by molar-refractivity contribution is 6.25. The molecule has 0 bridgehead atoms. The highest BCUT2D eigenvalue weighted by Gasteiger charge is 2.34. The van der Waals surface area contributed by atoms with Gasteiger partial charge in [-0.25, -0.2) is 19.4 Å². The number of oxazole rings is 2. The molecule has 0 unspecified atom stereocenters. The van der Waals surface area contributed by atoms with E-state index < -0.39 is 16.9 Å². The third-order valence-electron chi connectivity index (χ3n) is 18.2. The van der Waals surface area contributed by atoms with E-state index in [0.717, 1.165) is 69.4 Å². The zero-order valence-corrected chi connectivity index (χ0v) is 61.1. The molecule has 0 atom stereocenters. The van der Waals surface area contributed by atoms with E-state index >= 15 is 0 Å². The number of Topliss-reactive ketones (excluding diaryl/α,β-unsaturated/α-hetero) is 2. The third-order valence-corrected chi connectivity index (χ3v) is 18.2. The van der Waals surface area contributed by atoms with Gasteiger partial charge < -0.3 is 90.9 Å². The van der Waals surface area contributed by atoms with Crippen molar-refractivity contribution in [2.45, 2.75) is 13.0 Å². The molecule has 1 aliphatic carbocycles.